The van der Waals surface area contributed by atoms with Crippen molar-refractivity contribution in [3.63, 3.8) is 0 Å². The third-order valence-corrected chi connectivity index (χ3v) is 0.986. The molecule has 0 bridgehead atoms. The van der Waals surface area contributed by atoms with Crippen LogP contribution >= 0.6 is 0 Å². The Morgan fingerprint density at radius 3 is 1.89 bits per heavy atom. The lowest BCUT2D eigenvalue weighted by Crippen LogP contribution is -1.70. The monoisotopic (exact) mass is 117 g/mol. The van der Waals surface area contributed by atoms with Gasteiger partial charge in [0.1, 0.15) is 12.1 Å². The Bertz CT molecular complexity index is 255. The molecule has 3 nitrogen and oxygen atoms in total. The normalized spacial score (nSPS) is 7.78. The van der Waals surface area contributed by atoms with Gasteiger partial charge < -0.3 is 4.98 Å². The van der Waals surface area contributed by atoms with Crippen molar-refractivity contribution >= 4 is 0 Å². The molecule has 0 unspecified atom stereocenters. The first-order valence-corrected chi connectivity index (χ1v) is 2.35. The van der Waals surface area contributed by atoms with Crippen molar-refractivity contribution < 1.29 is 0 Å². The van der Waals surface area contributed by atoms with Crippen LogP contribution in [-0.4, -0.2) is 4.98 Å². The summed E-state index contributed by atoms with van der Waals surface area (Å²) in [5.41, 5.74) is 0.801. The summed E-state index contributed by atoms with van der Waals surface area (Å²) in [7, 11) is 0. The van der Waals surface area contributed by atoms with Crippen molar-refractivity contribution in [2.45, 2.75) is 0 Å². The van der Waals surface area contributed by atoms with Crippen LogP contribution in [0.5, 0.6) is 0 Å². The van der Waals surface area contributed by atoms with Gasteiger partial charge in [-0.2, -0.15) is 10.5 Å². The molecule has 0 fully saturated rings. The van der Waals surface area contributed by atoms with Crippen LogP contribution in [0.15, 0.2) is 12.4 Å². The molecule has 0 aliphatic rings. The van der Waals surface area contributed by atoms with Crippen LogP contribution < -0.4 is 0 Å². The van der Waals surface area contributed by atoms with Crippen molar-refractivity contribution in [3.8, 4) is 12.1 Å². The molecule has 9 heavy (non-hydrogen) atoms. The number of rotatable bonds is 0. The second-order valence-electron chi connectivity index (χ2n) is 1.51. The van der Waals surface area contributed by atoms with E-state index in [0.717, 1.165) is 0 Å². The summed E-state index contributed by atoms with van der Waals surface area (Å²) < 4.78 is 0. The van der Waals surface area contributed by atoms with Gasteiger partial charge in [-0.1, -0.05) is 0 Å². The van der Waals surface area contributed by atoms with Gasteiger partial charge in [0.05, 0.1) is 11.1 Å². The molecule has 0 aliphatic heterocycles. The molecule has 42 valence electrons. The highest BCUT2D eigenvalue weighted by Gasteiger charge is 1.97. The molecule has 1 N–H and O–H groups in total. The van der Waals surface area contributed by atoms with E-state index >= 15 is 0 Å². The van der Waals surface area contributed by atoms with E-state index in [-0.39, 0.29) is 0 Å². The topological polar surface area (TPSA) is 63.4 Å². The molecular formula is C6H3N3. The van der Waals surface area contributed by atoms with Crippen LogP contribution in [0, 0.1) is 22.7 Å². The Labute approximate surface area is 52.2 Å². The molecular weight excluding hydrogens is 114 g/mol. The summed E-state index contributed by atoms with van der Waals surface area (Å²) in [4.78, 5) is 2.66. The average molecular weight is 117 g/mol. The van der Waals surface area contributed by atoms with Gasteiger partial charge in [-0.05, 0) is 0 Å². The molecule has 1 heterocycles. The number of hydrogen-bond acceptors (Lipinski definition) is 2. The molecule has 0 radical (unpaired) electrons. The summed E-state index contributed by atoms with van der Waals surface area (Å²) in [5.74, 6) is 0. The minimum Gasteiger partial charge on any atom is -0.365 e. The summed E-state index contributed by atoms with van der Waals surface area (Å²) in [6.07, 6.45) is 3.00. The van der Waals surface area contributed by atoms with E-state index < -0.39 is 0 Å². The highest BCUT2D eigenvalue weighted by atomic mass is 14.6. The molecule has 0 saturated heterocycles. The number of nitriles is 2. The Kier molecular flexibility index (Phi) is 1.21. The molecule has 1 aromatic heterocycles. The fraction of sp³-hybridized carbons (Fsp3) is 0. The third-order valence-electron chi connectivity index (χ3n) is 0.986. The molecule has 1 rings (SSSR count). The second-order valence-corrected chi connectivity index (χ2v) is 1.51. The van der Waals surface area contributed by atoms with Gasteiger partial charge in [-0.3, -0.25) is 0 Å². The van der Waals surface area contributed by atoms with Crippen molar-refractivity contribution in [1.82, 2.24) is 4.98 Å². The SMILES string of the molecule is N#Cc1c[nH]cc1C#N. The van der Waals surface area contributed by atoms with Crippen LogP contribution in [0.2, 0.25) is 0 Å². The molecule has 0 spiro atoms. The van der Waals surface area contributed by atoms with E-state index in [9.17, 15) is 0 Å². The van der Waals surface area contributed by atoms with Crippen LogP contribution in [0.3, 0.4) is 0 Å². The van der Waals surface area contributed by atoms with Crippen molar-refractivity contribution in [2.75, 3.05) is 0 Å². The quantitative estimate of drug-likeness (QED) is 0.545. The highest BCUT2D eigenvalue weighted by Crippen LogP contribution is 2.02. The zero-order chi connectivity index (χ0) is 6.69. The van der Waals surface area contributed by atoms with Crippen LogP contribution in [0.4, 0.5) is 0 Å². The van der Waals surface area contributed by atoms with E-state index in [1.165, 1.54) is 12.4 Å². The van der Waals surface area contributed by atoms with Crippen LogP contribution in [-0.2, 0) is 0 Å². The van der Waals surface area contributed by atoms with Gasteiger partial charge in [-0.25, -0.2) is 0 Å². The zero-order valence-corrected chi connectivity index (χ0v) is 4.55. The van der Waals surface area contributed by atoms with Gasteiger partial charge in [0.25, 0.3) is 0 Å². The minimum atomic E-state index is 0.400. The van der Waals surface area contributed by atoms with Gasteiger partial charge in [0.15, 0.2) is 0 Å². The van der Waals surface area contributed by atoms with E-state index in [1.807, 2.05) is 12.1 Å². The fourth-order valence-corrected chi connectivity index (χ4v) is 0.549. The van der Waals surface area contributed by atoms with Gasteiger partial charge in [0.2, 0.25) is 0 Å². The molecule has 0 aromatic carbocycles. The third kappa shape index (κ3) is 0.756. The molecule has 1 aromatic rings. The fourth-order valence-electron chi connectivity index (χ4n) is 0.549. The number of hydrogen-bond donors (Lipinski definition) is 1. The largest absolute Gasteiger partial charge is 0.365 e. The average Bonchev–Trinajstić information content (AvgIpc) is 2.33. The van der Waals surface area contributed by atoms with Crippen molar-refractivity contribution in [2.24, 2.45) is 0 Å². The maximum Gasteiger partial charge on any atom is 0.102 e. The molecule has 0 aliphatic carbocycles. The standard InChI is InChI=1S/C6H3N3/c7-1-5-3-9-4-6(5)2-8/h3-4,9H. The molecule has 3 heteroatoms. The van der Waals surface area contributed by atoms with Crippen molar-refractivity contribution in [3.05, 3.63) is 23.5 Å². The van der Waals surface area contributed by atoms with Crippen LogP contribution in [0.25, 0.3) is 0 Å². The van der Waals surface area contributed by atoms with E-state index in [2.05, 4.69) is 4.98 Å². The Hall–Kier alpha value is -1.74. The Balaban J connectivity index is 3.22. The highest BCUT2D eigenvalue weighted by molar-refractivity contribution is 5.42. The van der Waals surface area contributed by atoms with Gasteiger partial charge in [0, 0.05) is 12.4 Å². The second kappa shape index (κ2) is 2.02. The number of nitrogens with zero attached hydrogens (tertiary/aromatic N) is 2. The summed E-state index contributed by atoms with van der Waals surface area (Å²) >= 11 is 0. The van der Waals surface area contributed by atoms with Gasteiger partial charge >= 0.3 is 0 Å². The predicted molar refractivity (Wildman–Crippen MR) is 30.2 cm³/mol. The first-order chi connectivity index (χ1) is 4.38. The molecule has 0 saturated carbocycles. The summed E-state index contributed by atoms with van der Waals surface area (Å²) in [6.45, 7) is 0. The molecule has 0 atom stereocenters. The van der Waals surface area contributed by atoms with Crippen molar-refractivity contribution in [1.29, 1.82) is 10.5 Å². The molecule has 0 amide bonds. The number of aromatic amines is 1. The smallest absolute Gasteiger partial charge is 0.102 e. The first kappa shape index (κ1) is 5.40. The summed E-state index contributed by atoms with van der Waals surface area (Å²) in [5, 5.41) is 16.6. The number of aromatic nitrogens is 1. The predicted octanol–water partition coefficient (Wildman–Crippen LogP) is 0.758. The Morgan fingerprint density at radius 1 is 1.11 bits per heavy atom. The number of H-pyrrole nitrogens is 1. The maximum absolute atomic E-state index is 8.32. The van der Waals surface area contributed by atoms with Gasteiger partial charge in [-0.15, -0.1) is 0 Å². The lowest BCUT2D eigenvalue weighted by molar-refractivity contribution is 1.40. The minimum absolute atomic E-state index is 0.400. The Morgan fingerprint density at radius 2 is 1.56 bits per heavy atom. The van der Waals surface area contributed by atoms with E-state index in [0.29, 0.717) is 11.1 Å². The maximum atomic E-state index is 8.32. The van der Waals surface area contributed by atoms with E-state index in [4.69, 9.17) is 10.5 Å². The lowest BCUT2D eigenvalue weighted by atomic mass is 10.2. The first-order valence-electron chi connectivity index (χ1n) is 2.35. The zero-order valence-electron chi connectivity index (χ0n) is 4.55. The van der Waals surface area contributed by atoms with Crippen LogP contribution in [0.1, 0.15) is 11.1 Å². The number of nitrogens with one attached hydrogen (secondary N) is 1. The summed E-state index contributed by atoms with van der Waals surface area (Å²) in [6, 6.07) is 3.75. The van der Waals surface area contributed by atoms with E-state index in [1.54, 1.807) is 0 Å². The lowest BCUT2D eigenvalue weighted by Gasteiger charge is -1.73.